The summed E-state index contributed by atoms with van der Waals surface area (Å²) < 4.78 is 41.4. The number of carbonyl (C=O) groups is 2. The number of benzene rings is 1. The van der Waals surface area contributed by atoms with Crippen molar-refractivity contribution in [2.24, 2.45) is 0 Å². The molecule has 0 aliphatic carbocycles. The van der Waals surface area contributed by atoms with Crippen molar-refractivity contribution < 1.29 is 27.5 Å². The number of nitrogens with zero attached hydrogens (tertiary/aromatic N) is 2. The maximum absolute atomic E-state index is 13.0. The normalized spacial score (nSPS) is 23.8. The van der Waals surface area contributed by atoms with Gasteiger partial charge in [0.25, 0.3) is 0 Å². The average molecular weight is 426 g/mol. The van der Waals surface area contributed by atoms with Gasteiger partial charge in [-0.15, -0.1) is 13.2 Å². The van der Waals surface area contributed by atoms with Crippen molar-refractivity contribution in [3.05, 3.63) is 24.3 Å². The van der Waals surface area contributed by atoms with E-state index in [1.807, 2.05) is 4.90 Å². The van der Waals surface area contributed by atoms with Gasteiger partial charge in [-0.3, -0.25) is 4.79 Å². The number of hydrogen-bond acceptors (Lipinski definition) is 4. The molecule has 7 nitrogen and oxygen atoms in total. The van der Waals surface area contributed by atoms with E-state index in [1.165, 1.54) is 23.1 Å². The summed E-state index contributed by atoms with van der Waals surface area (Å²) in [5, 5.41) is 6.18. The number of halogens is 3. The van der Waals surface area contributed by atoms with Crippen molar-refractivity contribution in [1.82, 2.24) is 15.5 Å². The number of piperidine rings is 1. The van der Waals surface area contributed by atoms with Gasteiger partial charge in [0.1, 0.15) is 11.8 Å². The summed E-state index contributed by atoms with van der Waals surface area (Å²) in [7, 11) is 0. The maximum atomic E-state index is 13.0. The number of hydrogen-bond donors (Lipinski definition) is 2. The summed E-state index contributed by atoms with van der Waals surface area (Å²) in [4.78, 5) is 29.1. The van der Waals surface area contributed by atoms with Crippen LogP contribution in [0.4, 0.5) is 23.7 Å². The van der Waals surface area contributed by atoms with Crippen LogP contribution in [0.3, 0.4) is 0 Å². The van der Waals surface area contributed by atoms with Crippen LogP contribution >= 0.6 is 0 Å². The average Bonchev–Trinajstić information content (AvgIpc) is 3.25. The number of nitrogens with one attached hydrogen (secondary N) is 2. The first-order valence-electron chi connectivity index (χ1n) is 10.2. The molecule has 0 bridgehead atoms. The molecular weight excluding hydrogens is 401 g/mol. The van der Waals surface area contributed by atoms with Crippen LogP contribution in [-0.2, 0) is 4.79 Å². The Morgan fingerprint density at radius 3 is 2.70 bits per heavy atom. The van der Waals surface area contributed by atoms with Crippen LogP contribution in [0.25, 0.3) is 0 Å². The standard InChI is InChI=1S/C20H25F3N4O3/c21-20(22,23)30-15-4-1-3-14(13-15)26-12-5-16(17(26)28)25-18(29)27-11-2-6-19(27)7-9-24-10-8-19/h1,3-4,13,16,24H,2,5-12H2,(H,25,29). The number of carbonyl (C=O) groups excluding carboxylic acids is 2. The lowest BCUT2D eigenvalue weighted by molar-refractivity contribution is -0.274. The van der Waals surface area contributed by atoms with E-state index in [9.17, 15) is 22.8 Å². The van der Waals surface area contributed by atoms with Crippen molar-refractivity contribution in [1.29, 1.82) is 0 Å². The molecule has 10 heteroatoms. The highest BCUT2D eigenvalue weighted by molar-refractivity contribution is 6.01. The van der Waals surface area contributed by atoms with Gasteiger partial charge in [0.2, 0.25) is 5.91 Å². The Balaban J connectivity index is 1.41. The zero-order chi connectivity index (χ0) is 21.4. The molecule has 3 aliphatic heterocycles. The lowest BCUT2D eigenvalue weighted by Gasteiger charge is -2.42. The van der Waals surface area contributed by atoms with Gasteiger partial charge in [0.05, 0.1) is 0 Å². The number of ether oxygens (including phenoxy) is 1. The molecule has 3 saturated heterocycles. The zero-order valence-corrected chi connectivity index (χ0v) is 16.5. The van der Waals surface area contributed by atoms with E-state index >= 15 is 0 Å². The summed E-state index contributed by atoms with van der Waals surface area (Å²) in [6, 6.07) is 4.40. The first-order chi connectivity index (χ1) is 14.3. The second-order valence-electron chi connectivity index (χ2n) is 8.06. The third-order valence-electron chi connectivity index (χ3n) is 6.24. The zero-order valence-electron chi connectivity index (χ0n) is 16.5. The van der Waals surface area contributed by atoms with Gasteiger partial charge in [-0.25, -0.2) is 4.79 Å². The monoisotopic (exact) mass is 426 g/mol. The second-order valence-corrected chi connectivity index (χ2v) is 8.06. The van der Waals surface area contributed by atoms with E-state index < -0.39 is 12.4 Å². The van der Waals surface area contributed by atoms with Gasteiger partial charge in [0.15, 0.2) is 0 Å². The van der Waals surface area contributed by atoms with Crippen LogP contribution in [0.15, 0.2) is 24.3 Å². The van der Waals surface area contributed by atoms with E-state index in [2.05, 4.69) is 15.4 Å². The third-order valence-corrected chi connectivity index (χ3v) is 6.24. The van der Waals surface area contributed by atoms with Crippen LogP contribution < -0.4 is 20.3 Å². The predicted octanol–water partition coefficient (Wildman–Crippen LogP) is 2.62. The molecule has 164 valence electrons. The van der Waals surface area contributed by atoms with E-state index in [0.717, 1.165) is 38.8 Å². The quantitative estimate of drug-likeness (QED) is 0.780. The predicted molar refractivity (Wildman–Crippen MR) is 103 cm³/mol. The first kappa shape index (κ1) is 20.8. The van der Waals surface area contributed by atoms with Crippen molar-refractivity contribution in [3.8, 4) is 5.75 Å². The SMILES string of the molecule is O=C1C(NC(=O)N2CCCC23CCNCC3)CCN1c1cccc(OC(F)(F)F)c1. The lowest BCUT2D eigenvalue weighted by Crippen LogP contribution is -2.57. The van der Waals surface area contributed by atoms with Gasteiger partial charge in [-0.05, 0) is 57.3 Å². The molecule has 4 rings (SSSR count). The van der Waals surface area contributed by atoms with Gasteiger partial charge < -0.3 is 25.2 Å². The fourth-order valence-corrected chi connectivity index (χ4v) is 4.81. The Bertz CT molecular complexity index is 811. The number of anilines is 1. The van der Waals surface area contributed by atoms with Gasteiger partial charge in [0, 0.05) is 30.4 Å². The smallest absolute Gasteiger partial charge is 0.406 e. The summed E-state index contributed by atoms with van der Waals surface area (Å²) in [6.07, 6.45) is -0.681. The number of urea groups is 1. The fourth-order valence-electron chi connectivity index (χ4n) is 4.81. The lowest BCUT2D eigenvalue weighted by atomic mass is 9.86. The molecule has 1 aromatic rings. The fraction of sp³-hybridized carbons (Fsp3) is 0.600. The number of amides is 3. The van der Waals surface area contributed by atoms with Gasteiger partial charge in [-0.2, -0.15) is 0 Å². The van der Waals surface area contributed by atoms with Crippen LogP contribution in [0.5, 0.6) is 5.75 Å². The molecule has 2 N–H and O–H groups in total. The second kappa shape index (κ2) is 7.98. The van der Waals surface area contributed by atoms with Crippen molar-refractivity contribution in [2.75, 3.05) is 31.1 Å². The first-order valence-corrected chi connectivity index (χ1v) is 10.2. The summed E-state index contributed by atoms with van der Waals surface area (Å²) in [5.41, 5.74) is 0.175. The summed E-state index contributed by atoms with van der Waals surface area (Å²) >= 11 is 0. The molecule has 0 saturated carbocycles. The molecule has 0 aromatic heterocycles. The van der Waals surface area contributed by atoms with E-state index in [0.29, 0.717) is 25.2 Å². The minimum atomic E-state index is -4.80. The van der Waals surface area contributed by atoms with Gasteiger partial charge in [-0.1, -0.05) is 6.07 Å². The molecular formula is C20H25F3N4O3. The number of alkyl halides is 3. The van der Waals surface area contributed by atoms with Crippen molar-refractivity contribution in [3.63, 3.8) is 0 Å². The van der Waals surface area contributed by atoms with E-state index in [4.69, 9.17) is 0 Å². The molecule has 0 radical (unpaired) electrons. The van der Waals surface area contributed by atoms with Crippen LogP contribution in [0.1, 0.15) is 32.1 Å². The molecule has 1 unspecified atom stereocenters. The van der Waals surface area contributed by atoms with Crippen LogP contribution in [-0.4, -0.2) is 61.0 Å². The topological polar surface area (TPSA) is 73.9 Å². The molecule has 3 fully saturated rings. The van der Waals surface area contributed by atoms with E-state index in [1.54, 1.807) is 6.07 Å². The Labute approximate surface area is 172 Å². The molecule has 1 spiro atoms. The van der Waals surface area contributed by atoms with E-state index in [-0.39, 0.29) is 23.2 Å². The van der Waals surface area contributed by atoms with Crippen LogP contribution in [0, 0.1) is 0 Å². The molecule has 3 aliphatic rings. The molecule has 3 amide bonds. The third kappa shape index (κ3) is 4.19. The largest absolute Gasteiger partial charge is 0.573 e. The Morgan fingerprint density at radius 1 is 1.20 bits per heavy atom. The van der Waals surface area contributed by atoms with Crippen molar-refractivity contribution >= 4 is 17.6 Å². The Morgan fingerprint density at radius 2 is 1.97 bits per heavy atom. The molecule has 1 atom stereocenters. The minimum absolute atomic E-state index is 0.139. The summed E-state index contributed by atoms with van der Waals surface area (Å²) in [6.45, 7) is 2.73. The number of rotatable bonds is 3. The Hall–Kier alpha value is -2.49. The van der Waals surface area contributed by atoms with Crippen LogP contribution in [0.2, 0.25) is 0 Å². The molecule has 3 heterocycles. The maximum Gasteiger partial charge on any atom is 0.573 e. The van der Waals surface area contributed by atoms with Crippen molar-refractivity contribution in [2.45, 2.75) is 50.0 Å². The highest BCUT2D eigenvalue weighted by Gasteiger charge is 2.45. The summed E-state index contributed by atoms with van der Waals surface area (Å²) in [5.74, 6) is -0.712. The minimum Gasteiger partial charge on any atom is -0.406 e. The van der Waals surface area contributed by atoms with Gasteiger partial charge >= 0.3 is 12.4 Å². The Kier molecular flexibility index (Phi) is 5.52. The molecule has 30 heavy (non-hydrogen) atoms. The highest BCUT2D eigenvalue weighted by Crippen LogP contribution is 2.37. The molecule has 1 aromatic carbocycles. The highest BCUT2D eigenvalue weighted by atomic mass is 19.4. The number of likely N-dealkylation sites (tertiary alicyclic amines) is 1.